The minimum absolute atomic E-state index is 0.180. The molecule has 1 aliphatic heterocycles. The SMILES string of the molecule is O[C@@H]1CCC[C@H]1[C@H]1COCCN1Cc1ccn(-c2ccccc2)n1. The molecule has 1 aromatic heterocycles. The van der Waals surface area contributed by atoms with E-state index < -0.39 is 0 Å². The van der Waals surface area contributed by atoms with E-state index in [1.165, 1.54) is 0 Å². The van der Waals surface area contributed by atoms with Crippen molar-refractivity contribution < 1.29 is 9.84 Å². The number of aromatic nitrogens is 2. The van der Waals surface area contributed by atoms with Crippen molar-refractivity contribution in [3.05, 3.63) is 48.3 Å². The molecule has 0 unspecified atom stereocenters. The molecule has 2 fully saturated rings. The molecule has 5 heteroatoms. The highest BCUT2D eigenvalue weighted by atomic mass is 16.5. The fourth-order valence-corrected chi connectivity index (χ4v) is 4.04. The average molecular weight is 327 g/mol. The second-order valence-corrected chi connectivity index (χ2v) is 6.86. The molecule has 0 bridgehead atoms. The summed E-state index contributed by atoms with van der Waals surface area (Å²) in [7, 11) is 0. The molecule has 2 heterocycles. The molecule has 4 rings (SSSR count). The van der Waals surface area contributed by atoms with Crippen LogP contribution < -0.4 is 0 Å². The van der Waals surface area contributed by atoms with Gasteiger partial charge in [-0.2, -0.15) is 5.10 Å². The van der Waals surface area contributed by atoms with Gasteiger partial charge in [0.1, 0.15) is 0 Å². The maximum absolute atomic E-state index is 10.3. The third-order valence-corrected chi connectivity index (χ3v) is 5.34. The van der Waals surface area contributed by atoms with Crippen LogP contribution in [0.2, 0.25) is 0 Å². The first kappa shape index (κ1) is 15.8. The number of aliphatic hydroxyl groups is 1. The predicted molar refractivity (Wildman–Crippen MR) is 91.9 cm³/mol. The largest absolute Gasteiger partial charge is 0.393 e. The van der Waals surface area contributed by atoms with Crippen LogP contribution in [0.15, 0.2) is 42.6 Å². The molecular weight excluding hydrogens is 302 g/mol. The Morgan fingerprint density at radius 2 is 2.04 bits per heavy atom. The van der Waals surface area contributed by atoms with Crippen LogP contribution in [-0.4, -0.2) is 51.7 Å². The van der Waals surface area contributed by atoms with Gasteiger partial charge in [0.15, 0.2) is 0 Å². The van der Waals surface area contributed by atoms with Gasteiger partial charge in [0, 0.05) is 31.2 Å². The summed E-state index contributed by atoms with van der Waals surface area (Å²) < 4.78 is 7.63. The molecular formula is C19H25N3O2. The average Bonchev–Trinajstić information content (AvgIpc) is 3.25. The summed E-state index contributed by atoms with van der Waals surface area (Å²) in [5.74, 6) is 0.335. The number of aliphatic hydroxyl groups excluding tert-OH is 1. The number of morpholine rings is 1. The lowest BCUT2D eigenvalue weighted by Crippen LogP contribution is -2.50. The summed E-state index contributed by atoms with van der Waals surface area (Å²) in [5, 5.41) is 15.0. The molecule has 3 atom stereocenters. The van der Waals surface area contributed by atoms with Crippen LogP contribution in [-0.2, 0) is 11.3 Å². The molecule has 0 spiro atoms. The fraction of sp³-hybridized carbons (Fsp3) is 0.526. The molecule has 1 saturated heterocycles. The van der Waals surface area contributed by atoms with Crippen LogP contribution in [0.25, 0.3) is 5.69 Å². The summed E-state index contributed by atoms with van der Waals surface area (Å²) >= 11 is 0. The molecule has 24 heavy (non-hydrogen) atoms. The van der Waals surface area contributed by atoms with Crippen molar-refractivity contribution in [1.82, 2.24) is 14.7 Å². The Labute approximate surface area is 142 Å². The van der Waals surface area contributed by atoms with Crippen LogP contribution in [0.1, 0.15) is 25.0 Å². The van der Waals surface area contributed by atoms with Crippen molar-refractivity contribution in [1.29, 1.82) is 0 Å². The predicted octanol–water partition coefficient (Wildman–Crippen LogP) is 2.23. The van der Waals surface area contributed by atoms with Gasteiger partial charge in [0.2, 0.25) is 0 Å². The molecule has 128 valence electrons. The number of benzene rings is 1. The second kappa shape index (κ2) is 7.05. The van der Waals surface area contributed by atoms with Crippen LogP contribution in [0.3, 0.4) is 0 Å². The topological polar surface area (TPSA) is 50.5 Å². The third kappa shape index (κ3) is 3.24. The first-order valence-electron chi connectivity index (χ1n) is 8.91. The van der Waals surface area contributed by atoms with E-state index in [4.69, 9.17) is 9.84 Å². The van der Waals surface area contributed by atoms with Crippen LogP contribution >= 0.6 is 0 Å². The van der Waals surface area contributed by atoms with Crippen molar-refractivity contribution in [2.45, 2.75) is 38.0 Å². The quantitative estimate of drug-likeness (QED) is 0.936. The van der Waals surface area contributed by atoms with Gasteiger partial charge < -0.3 is 9.84 Å². The van der Waals surface area contributed by atoms with E-state index >= 15 is 0 Å². The van der Waals surface area contributed by atoms with E-state index in [0.717, 1.165) is 56.9 Å². The lowest BCUT2D eigenvalue weighted by atomic mass is 9.94. The third-order valence-electron chi connectivity index (χ3n) is 5.34. The zero-order valence-electron chi connectivity index (χ0n) is 13.9. The molecule has 1 aromatic carbocycles. The molecule has 0 radical (unpaired) electrons. The Morgan fingerprint density at radius 3 is 2.83 bits per heavy atom. The Kier molecular flexibility index (Phi) is 4.65. The van der Waals surface area contributed by atoms with Crippen molar-refractivity contribution in [3.8, 4) is 5.69 Å². The molecule has 1 aliphatic carbocycles. The van der Waals surface area contributed by atoms with Gasteiger partial charge in [-0.1, -0.05) is 24.6 Å². The van der Waals surface area contributed by atoms with Crippen LogP contribution in [0.5, 0.6) is 0 Å². The summed E-state index contributed by atoms with van der Waals surface area (Å²) in [6, 6.07) is 12.6. The fourth-order valence-electron chi connectivity index (χ4n) is 4.04. The number of para-hydroxylation sites is 1. The van der Waals surface area contributed by atoms with Gasteiger partial charge >= 0.3 is 0 Å². The first-order valence-corrected chi connectivity index (χ1v) is 8.91. The first-order chi connectivity index (χ1) is 11.8. The second-order valence-electron chi connectivity index (χ2n) is 6.86. The van der Waals surface area contributed by atoms with Crippen molar-refractivity contribution in [3.63, 3.8) is 0 Å². The minimum atomic E-state index is -0.180. The van der Waals surface area contributed by atoms with Gasteiger partial charge in [-0.15, -0.1) is 0 Å². The van der Waals surface area contributed by atoms with Gasteiger partial charge in [0.25, 0.3) is 0 Å². The van der Waals surface area contributed by atoms with E-state index in [2.05, 4.69) is 23.1 Å². The van der Waals surface area contributed by atoms with E-state index in [1.54, 1.807) is 0 Å². The number of ether oxygens (including phenoxy) is 1. The van der Waals surface area contributed by atoms with Gasteiger partial charge in [0.05, 0.1) is 30.7 Å². The van der Waals surface area contributed by atoms with E-state index in [0.29, 0.717) is 12.0 Å². The Morgan fingerprint density at radius 1 is 1.17 bits per heavy atom. The Balaban J connectivity index is 1.48. The van der Waals surface area contributed by atoms with Crippen molar-refractivity contribution in [2.75, 3.05) is 19.8 Å². The zero-order valence-corrected chi connectivity index (χ0v) is 13.9. The van der Waals surface area contributed by atoms with Crippen LogP contribution in [0, 0.1) is 5.92 Å². The summed E-state index contributed by atoms with van der Waals surface area (Å²) in [5.41, 5.74) is 2.15. The molecule has 1 N–H and O–H groups in total. The molecule has 2 aliphatic rings. The number of rotatable bonds is 4. The lowest BCUT2D eigenvalue weighted by molar-refractivity contribution is -0.0541. The smallest absolute Gasteiger partial charge is 0.0769 e. The highest BCUT2D eigenvalue weighted by molar-refractivity contribution is 5.30. The minimum Gasteiger partial charge on any atom is -0.393 e. The lowest BCUT2D eigenvalue weighted by Gasteiger charge is -2.39. The van der Waals surface area contributed by atoms with Gasteiger partial charge in [-0.25, -0.2) is 4.68 Å². The van der Waals surface area contributed by atoms with E-state index in [1.807, 2.05) is 29.1 Å². The highest BCUT2D eigenvalue weighted by Crippen LogP contribution is 2.32. The van der Waals surface area contributed by atoms with Crippen molar-refractivity contribution in [2.24, 2.45) is 5.92 Å². The maximum atomic E-state index is 10.3. The Bertz CT molecular complexity index is 658. The van der Waals surface area contributed by atoms with Gasteiger partial charge in [-0.3, -0.25) is 4.90 Å². The van der Waals surface area contributed by atoms with Crippen LogP contribution in [0.4, 0.5) is 0 Å². The number of hydrogen-bond acceptors (Lipinski definition) is 4. The summed E-state index contributed by atoms with van der Waals surface area (Å²) in [4.78, 5) is 2.44. The normalized spacial score (nSPS) is 28.3. The monoisotopic (exact) mass is 327 g/mol. The standard InChI is InChI=1S/C19H25N3O2/c23-19-8-4-7-17(19)18-14-24-12-11-21(18)13-15-9-10-22(20-15)16-5-2-1-3-6-16/h1-3,5-6,9-10,17-19,23H,4,7-8,11-14H2/t17-,18+,19+/m0/s1. The molecule has 5 nitrogen and oxygen atoms in total. The number of hydrogen-bond donors (Lipinski definition) is 1. The number of nitrogens with zero attached hydrogens (tertiary/aromatic N) is 3. The van der Waals surface area contributed by atoms with Gasteiger partial charge in [-0.05, 0) is 31.0 Å². The van der Waals surface area contributed by atoms with E-state index in [-0.39, 0.29) is 6.10 Å². The maximum Gasteiger partial charge on any atom is 0.0769 e. The summed E-state index contributed by atoms with van der Waals surface area (Å²) in [6.45, 7) is 3.21. The van der Waals surface area contributed by atoms with E-state index in [9.17, 15) is 5.11 Å². The molecule has 2 aromatic rings. The zero-order chi connectivity index (χ0) is 16.4. The van der Waals surface area contributed by atoms with Crippen molar-refractivity contribution >= 4 is 0 Å². The highest BCUT2D eigenvalue weighted by Gasteiger charge is 2.37. The Hall–Kier alpha value is -1.69. The summed E-state index contributed by atoms with van der Waals surface area (Å²) in [6.07, 6.45) is 4.99. The molecule has 1 saturated carbocycles. The molecule has 0 amide bonds.